The van der Waals surface area contributed by atoms with Gasteiger partial charge in [0.05, 0.1) is 12.7 Å². The van der Waals surface area contributed by atoms with Gasteiger partial charge in [0.25, 0.3) is 0 Å². The Labute approximate surface area is 93.2 Å². The Morgan fingerprint density at radius 2 is 2.07 bits per heavy atom. The number of ether oxygens (including phenoxy) is 1. The molecule has 0 bridgehead atoms. The molecule has 1 N–H and O–H groups in total. The maximum Gasteiger partial charge on any atom is 0.0674 e. The minimum absolute atomic E-state index is 0.402. The van der Waals surface area contributed by atoms with Gasteiger partial charge in [-0.3, -0.25) is 4.90 Å². The van der Waals surface area contributed by atoms with Crippen molar-refractivity contribution in [2.24, 2.45) is 0 Å². The minimum atomic E-state index is 0.402. The van der Waals surface area contributed by atoms with Crippen LogP contribution in [0.3, 0.4) is 0 Å². The lowest BCUT2D eigenvalue weighted by Gasteiger charge is -2.42. The van der Waals surface area contributed by atoms with Crippen molar-refractivity contribution in [2.45, 2.75) is 57.3 Å². The first-order valence-electron chi connectivity index (χ1n) is 6.27. The monoisotopic (exact) mass is 212 g/mol. The SMILES string of the molecule is CNC1CCCC1N1CC(C)OCC1C. The maximum absolute atomic E-state index is 5.69. The van der Waals surface area contributed by atoms with Gasteiger partial charge < -0.3 is 10.1 Å². The van der Waals surface area contributed by atoms with Crippen LogP contribution in [0, 0.1) is 0 Å². The first-order chi connectivity index (χ1) is 7.22. The largest absolute Gasteiger partial charge is 0.376 e. The number of morpholine rings is 1. The molecule has 88 valence electrons. The summed E-state index contributed by atoms with van der Waals surface area (Å²) < 4.78 is 5.69. The van der Waals surface area contributed by atoms with Crippen LogP contribution < -0.4 is 5.32 Å². The van der Waals surface area contributed by atoms with Crippen LogP contribution in [0.5, 0.6) is 0 Å². The van der Waals surface area contributed by atoms with Gasteiger partial charge in [0, 0.05) is 24.7 Å². The molecule has 3 heteroatoms. The van der Waals surface area contributed by atoms with E-state index in [2.05, 4.69) is 31.1 Å². The van der Waals surface area contributed by atoms with Crippen LogP contribution >= 0.6 is 0 Å². The molecule has 1 aliphatic carbocycles. The summed E-state index contributed by atoms with van der Waals surface area (Å²) in [5, 5.41) is 3.46. The second-order valence-corrected chi connectivity index (χ2v) is 5.08. The second kappa shape index (κ2) is 4.81. The van der Waals surface area contributed by atoms with Gasteiger partial charge in [-0.2, -0.15) is 0 Å². The topological polar surface area (TPSA) is 24.5 Å². The molecule has 4 unspecified atom stereocenters. The van der Waals surface area contributed by atoms with Gasteiger partial charge in [-0.05, 0) is 33.7 Å². The Morgan fingerprint density at radius 3 is 2.80 bits per heavy atom. The number of nitrogens with zero attached hydrogens (tertiary/aromatic N) is 1. The summed E-state index contributed by atoms with van der Waals surface area (Å²) in [6.07, 6.45) is 4.45. The van der Waals surface area contributed by atoms with E-state index in [0.29, 0.717) is 18.2 Å². The summed E-state index contributed by atoms with van der Waals surface area (Å²) in [6, 6.07) is 2.01. The molecule has 1 aliphatic heterocycles. The van der Waals surface area contributed by atoms with Gasteiger partial charge >= 0.3 is 0 Å². The highest BCUT2D eigenvalue weighted by molar-refractivity contribution is 4.93. The third kappa shape index (κ3) is 2.35. The van der Waals surface area contributed by atoms with Crippen molar-refractivity contribution in [3.8, 4) is 0 Å². The average Bonchev–Trinajstić information content (AvgIpc) is 2.69. The van der Waals surface area contributed by atoms with E-state index in [1.807, 2.05) is 0 Å². The van der Waals surface area contributed by atoms with Crippen molar-refractivity contribution in [3.63, 3.8) is 0 Å². The molecule has 3 nitrogen and oxygen atoms in total. The van der Waals surface area contributed by atoms with Crippen molar-refractivity contribution in [1.82, 2.24) is 10.2 Å². The summed E-state index contributed by atoms with van der Waals surface area (Å²) in [4.78, 5) is 2.66. The average molecular weight is 212 g/mol. The zero-order valence-corrected chi connectivity index (χ0v) is 10.2. The van der Waals surface area contributed by atoms with Crippen LogP contribution in [0.1, 0.15) is 33.1 Å². The molecule has 0 aromatic heterocycles. The van der Waals surface area contributed by atoms with Crippen molar-refractivity contribution in [3.05, 3.63) is 0 Å². The minimum Gasteiger partial charge on any atom is -0.376 e. The molecule has 1 saturated carbocycles. The molecule has 1 saturated heterocycles. The number of hydrogen-bond acceptors (Lipinski definition) is 3. The number of hydrogen-bond donors (Lipinski definition) is 1. The molecular formula is C12H24N2O. The quantitative estimate of drug-likeness (QED) is 0.745. The number of nitrogens with one attached hydrogen (secondary N) is 1. The van der Waals surface area contributed by atoms with E-state index in [4.69, 9.17) is 4.74 Å². The summed E-state index contributed by atoms with van der Waals surface area (Å²) in [7, 11) is 2.09. The van der Waals surface area contributed by atoms with E-state index in [-0.39, 0.29) is 0 Å². The highest BCUT2D eigenvalue weighted by Crippen LogP contribution is 2.27. The lowest BCUT2D eigenvalue weighted by molar-refractivity contribution is -0.0681. The fraction of sp³-hybridized carbons (Fsp3) is 1.00. The molecule has 4 atom stereocenters. The molecule has 2 fully saturated rings. The van der Waals surface area contributed by atoms with Crippen molar-refractivity contribution in [1.29, 1.82) is 0 Å². The first kappa shape index (κ1) is 11.4. The summed E-state index contributed by atoms with van der Waals surface area (Å²) >= 11 is 0. The van der Waals surface area contributed by atoms with E-state index < -0.39 is 0 Å². The zero-order valence-electron chi connectivity index (χ0n) is 10.2. The Balaban J connectivity index is 2.00. The Kier molecular flexibility index (Phi) is 3.65. The van der Waals surface area contributed by atoms with Gasteiger partial charge in [0.2, 0.25) is 0 Å². The third-order valence-electron chi connectivity index (χ3n) is 3.93. The van der Waals surface area contributed by atoms with Crippen LogP contribution in [0.15, 0.2) is 0 Å². The van der Waals surface area contributed by atoms with Gasteiger partial charge in [-0.1, -0.05) is 6.42 Å². The molecule has 1 heterocycles. The van der Waals surface area contributed by atoms with E-state index in [1.54, 1.807) is 0 Å². The number of likely N-dealkylation sites (N-methyl/N-ethyl adjacent to an activating group) is 1. The lowest BCUT2D eigenvalue weighted by atomic mass is 10.1. The molecule has 0 aromatic carbocycles. The molecular weight excluding hydrogens is 188 g/mol. The summed E-state index contributed by atoms with van der Waals surface area (Å²) in [5.41, 5.74) is 0. The second-order valence-electron chi connectivity index (χ2n) is 5.08. The van der Waals surface area contributed by atoms with Crippen LogP contribution in [0.25, 0.3) is 0 Å². The first-order valence-corrected chi connectivity index (χ1v) is 6.27. The van der Waals surface area contributed by atoms with E-state index in [0.717, 1.165) is 19.2 Å². The predicted octanol–water partition coefficient (Wildman–Crippen LogP) is 1.24. The van der Waals surface area contributed by atoms with Crippen LogP contribution in [-0.4, -0.2) is 49.3 Å². The fourth-order valence-corrected chi connectivity index (χ4v) is 3.07. The highest BCUT2D eigenvalue weighted by Gasteiger charge is 2.36. The van der Waals surface area contributed by atoms with Crippen LogP contribution in [0.4, 0.5) is 0 Å². The lowest BCUT2D eigenvalue weighted by Crippen LogP contribution is -2.56. The van der Waals surface area contributed by atoms with Crippen LogP contribution in [-0.2, 0) is 4.74 Å². The van der Waals surface area contributed by atoms with Crippen molar-refractivity contribution in [2.75, 3.05) is 20.2 Å². The van der Waals surface area contributed by atoms with E-state index in [1.165, 1.54) is 19.3 Å². The summed E-state index contributed by atoms with van der Waals surface area (Å²) in [5.74, 6) is 0. The molecule has 0 radical (unpaired) electrons. The third-order valence-corrected chi connectivity index (χ3v) is 3.93. The Hall–Kier alpha value is -0.120. The summed E-state index contributed by atoms with van der Waals surface area (Å²) in [6.45, 7) is 6.47. The fourth-order valence-electron chi connectivity index (χ4n) is 3.07. The molecule has 15 heavy (non-hydrogen) atoms. The van der Waals surface area contributed by atoms with E-state index >= 15 is 0 Å². The van der Waals surface area contributed by atoms with E-state index in [9.17, 15) is 0 Å². The molecule has 0 spiro atoms. The predicted molar refractivity (Wildman–Crippen MR) is 62.1 cm³/mol. The highest BCUT2D eigenvalue weighted by atomic mass is 16.5. The Morgan fingerprint density at radius 1 is 1.27 bits per heavy atom. The number of rotatable bonds is 2. The smallest absolute Gasteiger partial charge is 0.0674 e. The van der Waals surface area contributed by atoms with Gasteiger partial charge in [-0.15, -0.1) is 0 Å². The van der Waals surface area contributed by atoms with Crippen molar-refractivity contribution >= 4 is 0 Å². The molecule has 2 aliphatic rings. The van der Waals surface area contributed by atoms with Crippen LogP contribution in [0.2, 0.25) is 0 Å². The van der Waals surface area contributed by atoms with Gasteiger partial charge in [-0.25, -0.2) is 0 Å². The Bertz CT molecular complexity index is 210. The zero-order chi connectivity index (χ0) is 10.8. The van der Waals surface area contributed by atoms with Gasteiger partial charge in [0.1, 0.15) is 0 Å². The maximum atomic E-state index is 5.69. The molecule has 2 rings (SSSR count). The standard InChI is InChI=1S/C12H24N2O/c1-9-8-15-10(2)7-14(9)12-6-4-5-11(12)13-3/h9-13H,4-8H2,1-3H3. The molecule has 0 amide bonds. The van der Waals surface area contributed by atoms with Gasteiger partial charge in [0.15, 0.2) is 0 Å². The van der Waals surface area contributed by atoms with Crippen molar-refractivity contribution < 1.29 is 4.74 Å². The normalized spacial score (nSPS) is 43.4. The molecule has 0 aromatic rings.